The third-order valence-corrected chi connectivity index (χ3v) is 2.13. The lowest BCUT2D eigenvalue weighted by atomic mass is 10.2. The van der Waals surface area contributed by atoms with Crippen molar-refractivity contribution >= 4 is 22.4 Å². The molecule has 0 aliphatic heterocycles. The molecule has 0 aliphatic rings. The van der Waals surface area contributed by atoms with E-state index >= 15 is 0 Å². The minimum Gasteiger partial charge on any atom is -0.456 e. The highest BCUT2D eigenvalue weighted by Gasteiger charge is 2.12. The summed E-state index contributed by atoms with van der Waals surface area (Å²) >= 11 is 0. The van der Waals surface area contributed by atoms with E-state index in [1.807, 2.05) is 29.7 Å². The van der Waals surface area contributed by atoms with Crippen molar-refractivity contribution < 1.29 is 9.21 Å². The molecule has 1 aromatic heterocycles. The molecule has 0 saturated heterocycles. The summed E-state index contributed by atoms with van der Waals surface area (Å²) < 4.78 is 5.44. The van der Waals surface area contributed by atoms with E-state index in [1.165, 1.54) is 0 Å². The first kappa shape index (κ1) is 9.48. The Kier molecular flexibility index (Phi) is 2.27. The van der Waals surface area contributed by atoms with Gasteiger partial charge in [0.1, 0.15) is 11.3 Å². The molecule has 0 bridgehead atoms. The second kappa shape index (κ2) is 3.59. The molecule has 1 heterocycles. The van der Waals surface area contributed by atoms with Crippen LogP contribution in [0.4, 0.5) is 0 Å². The lowest BCUT2D eigenvalue weighted by molar-refractivity contribution is -0.115. The number of carbonyl (C=O) groups excluding carboxylic acids is 1. The first-order valence-electron chi connectivity index (χ1n) is 4.41. The van der Waals surface area contributed by atoms with Gasteiger partial charge in [-0.25, -0.2) is 5.84 Å². The SMILES string of the molecule is C=C(C(=O)NN)c1cc2ccccc2o1. The highest BCUT2D eigenvalue weighted by atomic mass is 16.3. The monoisotopic (exact) mass is 202 g/mol. The molecule has 4 nitrogen and oxygen atoms in total. The summed E-state index contributed by atoms with van der Waals surface area (Å²) in [4.78, 5) is 11.2. The van der Waals surface area contributed by atoms with Crippen LogP contribution >= 0.6 is 0 Å². The van der Waals surface area contributed by atoms with E-state index in [0.717, 1.165) is 11.0 Å². The lowest BCUT2D eigenvalue weighted by Crippen LogP contribution is -2.30. The van der Waals surface area contributed by atoms with E-state index in [0.29, 0.717) is 5.76 Å². The Hall–Kier alpha value is -2.07. The van der Waals surface area contributed by atoms with Gasteiger partial charge in [0.25, 0.3) is 5.91 Å². The number of hydrazine groups is 1. The average Bonchev–Trinajstić information content (AvgIpc) is 2.70. The molecule has 1 amide bonds. The van der Waals surface area contributed by atoms with E-state index in [9.17, 15) is 4.79 Å². The van der Waals surface area contributed by atoms with E-state index in [-0.39, 0.29) is 5.57 Å². The predicted molar refractivity (Wildman–Crippen MR) is 57.6 cm³/mol. The molecule has 4 heteroatoms. The van der Waals surface area contributed by atoms with Crippen LogP contribution in [0.15, 0.2) is 41.3 Å². The van der Waals surface area contributed by atoms with Gasteiger partial charge in [-0.15, -0.1) is 0 Å². The van der Waals surface area contributed by atoms with Crippen LogP contribution in [0.25, 0.3) is 16.5 Å². The number of hydrogen-bond donors (Lipinski definition) is 2. The zero-order valence-electron chi connectivity index (χ0n) is 7.99. The van der Waals surface area contributed by atoms with Gasteiger partial charge in [0.05, 0.1) is 5.57 Å². The number of rotatable bonds is 2. The fraction of sp³-hybridized carbons (Fsp3) is 0. The molecule has 1 aromatic carbocycles. The maximum absolute atomic E-state index is 11.2. The van der Waals surface area contributed by atoms with Crippen molar-refractivity contribution in [1.82, 2.24) is 5.43 Å². The van der Waals surface area contributed by atoms with Crippen LogP contribution in [0.1, 0.15) is 5.76 Å². The van der Waals surface area contributed by atoms with Gasteiger partial charge in [-0.1, -0.05) is 24.8 Å². The van der Waals surface area contributed by atoms with Crippen molar-refractivity contribution in [2.75, 3.05) is 0 Å². The second-order valence-electron chi connectivity index (χ2n) is 3.10. The van der Waals surface area contributed by atoms with Crippen molar-refractivity contribution in [2.24, 2.45) is 5.84 Å². The number of carbonyl (C=O) groups is 1. The van der Waals surface area contributed by atoms with Crippen LogP contribution < -0.4 is 11.3 Å². The highest BCUT2D eigenvalue weighted by Crippen LogP contribution is 2.23. The number of para-hydroxylation sites is 1. The highest BCUT2D eigenvalue weighted by molar-refractivity contribution is 6.18. The van der Waals surface area contributed by atoms with Gasteiger partial charge >= 0.3 is 0 Å². The zero-order chi connectivity index (χ0) is 10.8. The first-order chi connectivity index (χ1) is 7.22. The molecule has 0 radical (unpaired) electrons. The Labute approximate surface area is 86.3 Å². The Morgan fingerprint density at radius 2 is 2.13 bits per heavy atom. The van der Waals surface area contributed by atoms with E-state index in [1.54, 1.807) is 6.07 Å². The lowest BCUT2D eigenvalue weighted by Gasteiger charge is -1.98. The van der Waals surface area contributed by atoms with Crippen LogP contribution in [0.5, 0.6) is 0 Å². The van der Waals surface area contributed by atoms with Gasteiger partial charge in [-0.2, -0.15) is 0 Å². The molecule has 3 N–H and O–H groups in total. The van der Waals surface area contributed by atoms with Crippen molar-refractivity contribution in [3.8, 4) is 0 Å². The summed E-state index contributed by atoms with van der Waals surface area (Å²) in [6, 6.07) is 9.24. The Morgan fingerprint density at radius 3 is 2.80 bits per heavy atom. The van der Waals surface area contributed by atoms with Gasteiger partial charge < -0.3 is 4.42 Å². The summed E-state index contributed by atoms with van der Waals surface area (Å²) in [6.45, 7) is 3.61. The smallest absolute Gasteiger partial charge is 0.268 e. The fourth-order valence-electron chi connectivity index (χ4n) is 1.33. The summed E-state index contributed by atoms with van der Waals surface area (Å²) in [5, 5.41) is 0.929. The second-order valence-corrected chi connectivity index (χ2v) is 3.10. The number of nitrogens with two attached hydrogens (primary N) is 1. The molecule has 0 fully saturated rings. The van der Waals surface area contributed by atoms with Crippen LogP contribution in [0.2, 0.25) is 0 Å². The quantitative estimate of drug-likeness (QED) is 0.335. The standard InChI is InChI=1S/C11H10N2O2/c1-7(11(14)13-12)10-6-8-4-2-3-5-9(8)15-10/h2-6H,1,12H2,(H,13,14). The molecule has 15 heavy (non-hydrogen) atoms. The number of amides is 1. The molecule has 0 spiro atoms. The van der Waals surface area contributed by atoms with Crippen molar-refractivity contribution in [2.45, 2.75) is 0 Å². The number of nitrogens with one attached hydrogen (secondary N) is 1. The Balaban J connectivity index is 2.45. The first-order valence-corrected chi connectivity index (χ1v) is 4.41. The molecule has 2 rings (SSSR count). The molecular weight excluding hydrogens is 192 g/mol. The number of benzene rings is 1. The van der Waals surface area contributed by atoms with E-state index < -0.39 is 5.91 Å². The number of fused-ring (bicyclic) bond motifs is 1. The maximum atomic E-state index is 11.2. The van der Waals surface area contributed by atoms with Crippen LogP contribution in [-0.2, 0) is 4.79 Å². The maximum Gasteiger partial charge on any atom is 0.268 e. The minimum atomic E-state index is -0.450. The zero-order valence-corrected chi connectivity index (χ0v) is 7.99. The van der Waals surface area contributed by atoms with Crippen LogP contribution in [0, 0.1) is 0 Å². The largest absolute Gasteiger partial charge is 0.456 e. The molecule has 2 aromatic rings. The molecule has 76 valence electrons. The van der Waals surface area contributed by atoms with Crippen molar-refractivity contribution in [1.29, 1.82) is 0 Å². The van der Waals surface area contributed by atoms with Gasteiger partial charge in [-0.3, -0.25) is 10.2 Å². The molecule has 0 unspecified atom stereocenters. The fourth-order valence-corrected chi connectivity index (χ4v) is 1.33. The number of furan rings is 1. The molecule has 0 atom stereocenters. The summed E-state index contributed by atoms with van der Waals surface area (Å²) in [6.07, 6.45) is 0. The third-order valence-electron chi connectivity index (χ3n) is 2.13. The normalized spacial score (nSPS) is 10.2. The summed E-state index contributed by atoms with van der Waals surface area (Å²) in [5.41, 5.74) is 2.95. The van der Waals surface area contributed by atoms with Crippen LogP contribution in [0.3, 0.4) is 0 Å². The van der Waals surface area contributed by atoms with Crippen molar-refractivity contribution in [3.63, 3.8) is 0 Å². The third kappa shape index (κ3) is 1.62. The predicted octanol–water partition coefficient (Wildman–Crippen LogP) is 1.44. The van der Waals surface area contributed by atoms with E-state index in [4.69, 9.17) is 10.3 Å². The van der Waals surface area contributed by atoms with Gasteiger partial charge in [0.15, 0.2) is 0 Å². The van der Waals surface area contributed by atoms with Gasteiger partial charge in [-0.05, 0) is 12.1 Å². The summed E-state index contributed by atoms with van der Waals surface area (Å²) in [7, 11) is 0. The Morgan fingerprint density at radius 1 is 1.40 bits per heavy atom. The molecule has 0 saturated carbocycles. The topological polar surface area (TPSA) is 68.3 Å². The van der Waals surface area contributed by atoms with E-state index in [2.05, 4.69) is 6.58 Å². The minimum absolute atomic E-state index is 0.216. The average molecular weight is 202 g/mol. The Bertz CT molecular complexity index is 495. The van der Waals surface area contributed by atoms with Crippen LogP contribution in [-0.4, -0.2) is 5.91 Å². The molecule has 0 aliphatic carbocycles. The number of hydrogen-bond acceptors (Lipinski definition) is 3. The van der Waals surface area contributed by atoms with Gasteiger partial charge in [0, 0.05) is 5.39 Å². The molecular formula is C11H10N2O2. The summed E-state index contributed by atoms with van der Waals surface area (Å²) in [5.74, 6) is 4.98. The van der Waals surface area contributed by atoms with Gasteiger partial charge in [0.2, 0.25) is 0 Å². The van der Waals surface area contributed by atoms with Crippen molar-refractivity contribution in [3.05, 3.63) is 42.7 Å².